The molecule has 1 aromatic heterocycles. The highest BCUT2D eigenvalue weighted by molar-refractivity contribution is 6.09. The number of nitriles is 3. The summed E-state index contributed by atoms with van der Waals surface area (Å²) >= 11 is 0. The molecule has 0 saturated heterocycles. The summed E-state index contributed by atoms with van der Waals surface area (Å²) < 4.78 is 2.34. The third-order valence-electron chi connectivity index (χ3n) is 10.7. The van der Waals surface area contributed by atoms with Gasteiger partial charge >= 0.3 is 0 Å². The first-order valence-corrected chi connectivity index (χ1v) is 17.5. The SMILES string of the molecule is CC1(C)c2ccccc2N(c2cc(-c3ccccc3-c3cc(C#N)c(C#N)cc3C#N)cc(-n3c4ccccc4c4ccccc43)c2)c2ccccc21. The van der Waals surface area contributed by atoms with Crippen LogP contribution in [0.15, 0.2) is 152 Å². The largest absolute Gasteiger partial charge is 0.310 e. The highest BCUT2D eigenvalue weighted by Gasteiger charge is 2.36. The van der Waals surface area contributed by atoms with Gasteiger partial charge in [0.15, 0.2) is 0 Å². The molecule has 5 nitrogen and oxygen atoms in total. The van der Waals surface area contributed by atoms with Crippen LogP contribution >= 0.6 is 0 Å². The van der Waals surface area contributed by atoms with Gasteiger partial charge in [0, 0.05) is 33.1 Å². The molecule has 0 spiro atoms. The Morgan fingerprint density at radius 2 is 0.943 bits per heavy atom. The first kappa shape index (κ1) is 31.6. The Bertz CT molecular complexity index is 2820. The molecule has 0 N–H and O–H groups in total. The first-order valence-electron chi connectivity index (χ1n) is 17.5. The van der Waals surface area contributed by atoms with Crippen LogP contribution in [0.3, 0.4) is 0 Å². The van der Waals surface area contributed by atoms with E-state index in [0.717, 1.165) is 50.5 Å². The van der Waals surface area contributed by atoms with Crippen molar-refractivity contribution < 1.29 is 0 Å². The summed E-state index contributed by atoms with van der Waals surface area (Å²) in [5, 5.41) is 32.3. The minimum atomic E-state index is -0.217. The molecule has 8 aromatic rings. The Kier molecular flexibility index (Phi) is 7.23. The van der Waals surface area contributed by atoms with Crippen LogP contribution in [0, 0.1) is 34.0 Å². The van der Waals surface area contributed by atoms with Gasteiger partial charge in [-0.25, -0.2) is 0 Å². The lowest BCUT2D eigenvalue weighted by Crippen LogP contribution is -2.30. The quantitative estimate of drug-likeness (QED) is 0.186. The van der Waals surface area contributed by atoms with Crippen molar-refractivity contribution in [2.45, 2.75) is 19.3 Å². The van der Waals surface area contributed by atoms with Crippen molar-refractivity contribution >= 4 is 38.9 Å². The van der Waals surface area contributed by atoms with E-state index >= 15 is 0 Å². The highest BCUT2D eigenvalue weighted by atomic mass is 15.2. The lowest BCUT2D eigenvalue weighted by molar-refractivity contribution is 0.632. The zero-order valence-corrected chi connectivity index (χ0v) is 29.2. The van der Waals surface area contributed by atoms with Gasteiger partial charge in [0.25, 0.3) is 0 Å². The van der Waals surface area contributed by atoms with Gasteiger partial charge in [-0.2, -0.15) is 15.8 Å². The van der Waals surface area contributed by atoms with Gasteiger partial charge in [-0.3, -0.25) is 0 Å². The van der Waals surface area contributed by atoms with Crippen LogP contribution < -0.4 is 4.90 Å². The number of hydrogen-bond acceptors (Lipinski definition) is 4. The number of rotatable bonds is 4. The Morgan fingerprint density at radius 3 is 1.55 bits per heavy atom. The second-order valence-electron chi connectivity index (χ2n) is 13.9. The Balaban J connectivity index is 1.38. The smallest absolute Gasteiger partial charge is 0.101 e. The van der Waals surface area contributed by atoms with Crippen molar-refractivity contribution in [1.29, 1.82) is 15.8 Å². The summed E-state index contributed by atoms with van der Waals surface area (Å²) in [7, 11) is 0. The number of anilines is 3. The van der Waals surface area contributed by atoms with Gasteiger partial charge in [0.1, 0.15) is 12.1 Å². The minimum absolute atomic E-state index is 0.186. The number of aromatic nitrogens is 1. The fourth-order valence-electron chi connectivity index (χ4n) is 8.23. The van der Waals surface area contributed by atoms with E-state index in [2.05, 4.69) is 163 Å². The lowest BCUT2D eigenvalue weighted by Gasteiger charge is -2.42. The van der Waals surface area contributed by atoms with Crippen LogP contribution in [0.2, 0.25) is 0 Å². The standard InChI is InChI=1S/C48H31N5/c1-48(2)42-17-7-11-21-46(42)53(47-22-12-8-18-43(47)48)36-25-31(24-35(27-36)52-44-19-9-5-15-39(44)40-16-6-10-20-45(40)52)37-13-3-4-14-38(37)41-26-33(29-50)32(28-49)23-34(41)30-51/h3-27H,1-2H3. The van der Waals surface area contributed by atoms with Gasteiger partial charge in [-0.1, -0.05) is 111 Å². The second kappa shape index (κ2) is 12.1. The zero-order chi connectivity index (χ0) is 36.3. The molecule has 0 atom stereocenters. The average Bonchev–Trinajstić information content (AvgIpc) is 3.55. The molecule has 0 fully saturated rings. The summed E-state index contributed by atoms with van der Waals surface area (Å²) in [4.78, 5) is 2.37. The molecule has 9 rings (SSSR count). The van der Waals surface area contributed by atoms with Gasteiger partial charge in [-0.05, 0) is 82.4 Å². The summed E-state index contributed by atoms with van der Waals surface area (Å²) in [5.74, 6) is 0. The molecule has 0 radical (unpaired) electrons. The van der Waals surface area contributed by atoms with Gasteiger partial charge in [0.05, 0.1) is 45.2 Å². The minimum Gasteiger partial charge on any atom is -0.310 e. The van der Waals surface area contributed by atoms with Crippen LogP contribution in [0.4, 0.5) is 17.1 Å². The van der Waals surface area contributed by atoms with Gasteiger partial charge in [0.2, 0.25) is 0 Å². The topological polar surface area (TPSA) is 79.5 Å². The average molecular weight is 678 g/mol. The van der Waals surface area contributed by atoms with Crippen molar-refractivity contribution in [3.8, 4) is 46.1 Å². The number of nitrogens with zero attached hydrogens (tertiary/aromatic N) is 5. The summed E-state index contributed by atoms with van der Waals surface area (Å²) in [6.45, 7) is 4.58. The van der Waals surface area contributed by atoms with E-state index in [-0.39, 0.29) is 16.5 Å². The Morgan fingerprint density at radius 1 is 0.453 bits per heavy atom. The molecule has 1 aliphatic heterocycles. The predicted octanol–water partition coefficient (Wildman–Crippen LogP) is 11.8. The van der Waals surface area contributed by atoms with E-state index < -0.39 is 0 Å². The molecular formula is C48H31N5. The number of benzene rings is 7. The first-order chi connectivity index (χ1) is 25.9. The maximum absolute atomic E-state index is 10.3. The van der Waals surface area contributed by atoms with E-state index in [4.69, 9.17) is 0 Å². The van der Waals surface area contributed by atoms with E-state index in [0.29, 0.717) is 11.1 Å². The molecule has 0 bridgehead atoms. The van der Waals surface area contributed by atoms with Crippen LogP contribution in [0.25, 0.3) is 49.7 Å². The number of fused-ring (bicyclic) bond motifs is 5. The maximum Gasteiger partial charge on any atom is 0.101 e. The molecule has 1 aliphatic rings. The predicted molar refractivity (Wildman–Crippen MR) is 213 cm³/mol. The second-order valence-corrected chi connectivity index (χ2v) is 13.9. The van der Waals surface area contributed by atoms with Gasteiger partial charge < -0.3 is 9.47 Å². The third kappa shape index (κ3) is 4.82. The number of para-hydroxylation sites is 4. The van der Waals surface area contributed by atoms with E-state index in [1.807, 2.05) is 18.2 Å². The zero-order valence-electron chi connectivity index (χ0n) is 29.2. The normalized spacial score (nSPS) is 12.8. The fraction of sp³-hybridized carbons (Fsp3) is 0.0625. The maximum atomic E-state index is 10.3. The van der Waals surface area contributed by atoms with E-state index in [9.17, 15) is 15.8 Å². The van der Waals surface area contributed by atoms with Crippen LogP contribution in [-0.4, -0.2) is 4.57 Å². The highest BCUT2D eigenvalue weighted by Crippen LogP contribution is 2.52. The van der Waals surface area contributed by atoms with Crippen LogP contribution in [0.5, 0.6) is 0 Å². The Hall–Kier alpha value is -7.39. The number of hydrogen-bond donors (Lipinski definition) is 0. The summed E-state index contributed by atoms with van der Waals surface area (Å²) in [5.41, 5.74) is 12.7. The van der Waals surface area contributed by atoms with Crippen molar-refractivity contribution in [3.63, 3.8) is 0 Å². The molecule has 0 amide bonds. The van der Waals surface area contributed by atoms with Crippen LogP contribution in [-0.2, 0) is 5.41 Å². The molecule has 5 heteroatoms. The molecular weight excluding hydrogens is 647 g/mol. The molecule has 53 heavy (non-hydrogen) atoms. The van der Waals surface area contributed by atoms with Crippen molar-refractivity contribution in [1.82, 2.24) is 4.57 Å². The summed E-state index contributed by atoms with van der Waals surface area (Å²) in [6.07, 6.45) is 0. The third-order valence-corrected chi connectivity index (χ3v) is 10.7. The summed E-state index contributed by atoms with van der Waals surface area (Å²) in [6, 6.07) is 58.8. The monoisotopic (exact) mass is 677 g/mol. The van der Waals surface area contributed by atoms with Crippen molar-refractivity contribution in [2.75, 3.05) is 4.90 Å². The molecule has 0 aliphatic carbocycles. The molecule has 248 valence electrons. The van der Waals surface area contributed by atoms with E-state index in [1.54, 1.807) is 6.07 Å². The molecule has 2 heterocycles. The fourth-order valence-corrected chi connectivity index (χ4v) is 8.23. The van der Waals surface area contributed by atoms with E-state index in [1.165, 1.54) is 28.0 Å². The lowest BCUT2D eigenvalue weighted by atomic mass is 9.73. The van der Waals surface area contributed by atoms with Crippen LogP contribution in [0.1, 0.15) is 41.7 Å². The van der Waals surface area contributed by atoms with Gasteiger partial charge in [-0.15, -0.1) is 0 Å². The molecule has 7 aromatic carbocycles. The Labute approximate surface area is 308 Å². The molecule has 0 unspecified atom stereocenters. The molecule has 0 saturated carbocycles. The van der Waals surface area contributed by atoms with Crippen molar-refractivity contribution in [3.05, 3.63) is 179 Å². The van der Waals surface area contributed by atoms with Crippen molar-refractivity contribution in [2.24, 2.45) is 0 Å².